The summed E-state index contributed by atoms with van der Waals surface area (Å²) in [5, 5.41) is 7.56. The normalized spacial score (nSPS) is 10.5. The first-order chi connectivity index (χ1) is 12.3. The molecule has 4 rings (SSSR count). The van der Waals surface area contributed by atoms with Gasteiger partial charge in [0.05, 0.1) is 5.56 Å². The van der Waals surface area contributed by atoms with Crippen molar-refractivity contribution in [1.29, 1.82) is 0 Å². The minimum atomic E-state index is 0.187. The quantitative estimate of drug-likeness (QED) is 0.442. The molecule has 7 heteroatoms. The summed E-state index contributed by atoms with van der Waals surface area (Å²) in [5.74, 6) is 3.49. The number of pyridine rings is 1. The SMILES string of the molecule is C#Cc1ccccc1-[n+]1cc(-c2cccnc2)[nH]c1-c1nonc1N. The molecule has 3 aromatic heterocycles. The van der Waals surface area contributed by atoms with Crippen molar-refractivity contribution in [1.82, 2.24) is 20.3 Å². The zero-order valence-electron chi connectivity index (χ0n) is 13.0. The van der Waals surface area contributed by atoms with Gasteiger partial charge in [0.15, 0.2) is 5.69 Å². The van der Waals surface area contributed by atoms with Crippen molar-refractivity contribution in [2.45, 2.75) is 0 Å². The van der Waals surface area contributed by atoms with E-state index in [1.165, 1.54) is 0 Å². The molecule has 1 aromatic carbocycles. The molecule has 0 radical (unpaired) electrons. The van der Waals surface area contributed by atoms with Crippen molar-refractivity contribution in [2.24, 2.45) is 0 Å². The van der Waals surface area contributed by atoms with Crippen LogP contribution in [0.1, 0.15) is 5.56 Å². The number of aromatic nitrogens is 5. The number of aromatic amines is 1. The van der Waals surface area contributed by atoms with Crippen LogP contribution < -0.4 is 10.3 Å². The van der Waals surface area contributed by atoms with Crippen molar-refractivity contribution >= 4 is 5.82 Å². The summed E-state index contributed by atoms with van der Waals surface area (Å²) in [6.07, 6.45) is 11.0. The molecule has 0 saturated heterocycles. The third-order valence-corrected chi connectivity index (χ3v) is 3.78. The van der Waals surface area contributed by atoms with Crippen LogP contribution in [0.4, 0.5) is 5.82 Å². The lowest BCUT2D eigenvalue weighted by Crippen LogP contribution is -2.32. The van der Waals surface area contributed by atoms with Crippen LogP contribution in [0, 0.1) is 12.3 Å². The lowest BCUT2D eigenvalue weighted by Gasteiger charge is -2.01. The number of hydrogen-bond acceptors (Lipinski definition) is 5. The van der Waals surface area contributed by atoms with Crippen LogP contribution in [0.15, 0.2) is 59.6 Å². The number of H-pyrrole nitrogens is 1. The summed E-state index contributed by atoms with van der Waals surface area (Å²) in [4.78, 5) is 7.46. The maximum absolute atomic E-state index is 5.88. The van der Waals surface area contributed by atoms with Crippen LogP contribution in [-0.4, -0.2) is 20.3 Å². The summed E-state index contributed by atoms with van der Waals surface area (Å²) < 4.78 is 6.63. The van der Waals surface area contributed by atoms with E-state index < -0.39 is 0 Å². The molecular formula is C18H13N6O+. The predicted octanol–water partition coefficient (Wildman–Crippen LogP) is 1.97. The molecule has 0 amide bonds. The van der Waals surface area contributed by atoms with E-state index in [4.69, 9.17) is 16.8 Å². The van der Waals surface area contributed by atoms with Gasteiger partial charge in [0.2, 0.25) is 11.5 Å². The summed E-state index contributed by atoms with van der Waals surface area (Å²) in [7, 11) is 0. The van der Waals surface area contributed by atoms with Gasteiger partial charge in [-0.1, -0.05) is 18.1 Å². The van der Waals surface area contributed by atoms with Crippen molar-refractivity contribution in [3.05, 3.63) is 60.6 Å². The largest absolute Gasteiger partial charge is 0.379 e. The van der Waals surface area contributed by atoms with E-state index >= 15 is 0 Å². The van der Waals surface area contributed by atoms with Gasteiger partial charge in [0.25, 0.3) is 0 Å². The molecule has 3 N–H and O–H groups in total. The zero-order chi connectivity index (χ0) is 17.2. The summed E-state index contributed by atoms with van der Waals surface area (Å²) in [6.45, 7) is 0. The highest BCUT2D eigenvalue weighted by Gasteiger charge is 2.27. The van der Waals surface area contributed by atoms with Crippen LogP contribution in [0.5, 0.6) is 0 Å². The van der Waals surface area contributed by atoms with E-state index in [0.29, 0.717) is 11.5 Å². The first kappa shape index (κ1) is 14.7. The maximum Gasteiger partial charge on any atom is 0.318 e. The fourth-order valence-corrected chi connectivity index (χ4v) is 2.61. The van der Waals surface area contributed by atoms with Gasteiger partial charge in [0.1, 0.15) is 11.9 Å². The van der Waals surface area contributed by atoms with Crippen molar-refractivity contribution in [2.75, 3.05) is 5.73 Å². The Morgan fingerprint density at radius 1 is 1.16 bits per heavy atom. The molecule has 0 atom stereocenters. The Bertz CT molecular complexity index is 1070. The zero-order valence-corrected chi connectivity index (χ0v) is 13.0. The molecule has 25 heavy (non-hydrogen) atoms. The van der Waals surface area contributed by atoms with E-state index in [-0.39, 0.29) is 5.82 Å². The Morgan fingerprint density at radius 3 is 2.76 bits per heavy atom. The van der Waals surface area contributed by atoms with Gasteiger partial charge in [-0.05, 0) is 34.6 Å². The standard InChI is InChI=1S/C18H12N6O/c1-2-12-6-3-4-8-15(12)24-11-14(13-7-5-9-20-10-13)21-18(24)16-17(19)23-25-22-16/h1,3-11H,(H2,19,23)/p+1. The lowest BCUT2D eigenvalue weighted by molar-refractivity contribution is -0.582. The number of imidazole rings is 1. The molecule has 0 aliphatic heterocycles. The molecular weight excluding hydrogens is 316 g/mol. The van der Waals surface area contributed by atoms with Crippen molar-refractivity contribution in [3.8, 4) is 40.8 Å². The van der Waals surface area contributed by atoms with Gasteiger partial charge in [-0.25, -0.2) is 9.61 Å². The second-order valence-corrected chi connectivity index (χ2v) is 5.29. The van der Waals surface area contributed by atoms with Crippen molar-refractivity contribution < 1.29 is 9.20 Å². The third-order valence-electron chi connectivity index (χ3n) is 3.78. The molecule has 120 valence electrons. The van der Waals surface area contributed by atoms with E-state index in [2.05, 4.69) is 26.2 Å². The number of para-hydroxylation sites is 1. The van der Waals surface area contributed by atoms with Gasteiger partial charge in [-0.15, -0.1) is 6.42 Å². The molecule has 0 aliphatic rings. The van der Waals surface area contributed by atoms with Gasteiger partial charge in [-0.2, -0.15) is 4.57 Å². The summed E-state index contributed by atoms with van der Waals surface area (Å²) in [6, 6.07) is 11.4. The second-order valence-electron chi connectivity index (χ2n) is 5.29. The number of nitrogens with zero attached hydrogens (tertiary/aromatic N) is 4. The molecule has 7 nitrogen and oxygen atoms in total. The Hall–Kier alpha value is -3.92. The van der Waals surface area contributed by atoms with Crippen molar-refractivity contribution in [3.63, 3.8) is 0 Å². The number of terminal acetylenes is 1. The Balaban J connectivity index is 1.98. The highest BCUT2D eigenvalue weighted by molar-refractivity contribution is 5.65. The number of nitrogens with two attached hydrogens (primary N) is 1. The number of rotatable bonds is 3. The highest BCUT2D eigenvalue weighted by Crippen LogP contribution is 2.24. The first-order valence-corrected chi connectivity index (χ1v) is 7.47. The van der Waals surface area contributed by atoms with E-state index in [1.807, 2.05) is 47.2 Å². The summed E-state index contributed by atoms with van der Waals surface area (Å²) >= 11 is 0. The number of anilines is 1. The maximum atomic E-state index is 5.88. The average Bonchev–Trinajstić information content (AvgIpc) is 3.28. The fraction of sp³-hybridized carbons (Fsp3) is 0. The minimum Gasteiger partial charge on any atom is -0.379 e. The molecule has 0 spiro atoms. The van der Waals surface area contributed by atoms with Crippen LogP contribution in [0.25, 0.3) is 28.5 Å². The minimum absolute atomic E-state index is 0.187. The smallest absolute Gasteiger partial charge is 0.318 e. The van der Waals surface area contributed by atoms with Crippen LogP contribution in [0.3, 0.4) is 0 Å². The molecule has 0 saturated carbocycles. The number of nitrogens with one attached hydrogen (secondary N) is 1. The van der Waals surface area contributed by atoms with Crippen LogP contribution in [0.2, 0.25) is 0 Å². The van der Waals surface area contributed by atoms with Gasteiger partial charge in [-0.3, -0.25) is 4.98 Å². The van der Waals surface area contributed by atoms with Gasteiger partial charge >= 0.3 is 5.82 Å². The highest BCUT2D eigenvalue weighted by atomic mass is 16.6. The van der Waals surface area contributed by atoms with Gasteiger partial charge in [0, 0.05) is 18.0 Å². The van der Waals surface area contributed by atoms with Gasteiger partial charge < -0.3 is 5.73 Å². The first-order valence-electron chi connectivity index (χ1n) is 7.47. The predicted molar refractivity (Wildman–Crippen MR) is 91.2 cm³/mol. The number of nitrogen functional groups attached to an aromatic ring is 1. The fourth-order valence-electron chi connectivity index (χ4n) is 2.61. The average molecular weight is 329 g/mol. The molecule has 4 aromatic rings. The second kappa shape index (κ2) is 5.94. The molecule has 0 bridgehead atoms. The van der Waals surface area contributed by atoms with E-state index in [1.54, 1.807) is 12.4 Å². The van der Waals surface area contributed by atoms with Crippen LogP contribution in [-0.2, 0) is 0 Å². The summed E-state index contributed by atoms with van der Waals surface area (Å²) in [5.41, 5.74) is 9.58. The van der Waals surface area contributed by atoms with E-state index in [0.717, 1.165) is 22.5 Å². The van der Waals surface area contributed by atoms with E-state index in [9.17, 15) is 0 Å². The topological polar surface area (TPSA) is 97.5 Å². The molecule has 0 fully saturated rings. The Morgan fingerprint density at radius 2 is 2.04 bits per heavy atom. The number of benzene rings is 1. The molecule has 0 aliphatic carbocycles. The third kappa shape index (κ3) is 2.52. The molecule has 0 unspecified atom stereocenters. The monoisotopic (exact) mass is 329 g/mol. The Labute approximate surface area is 143 Å². The number of hydrogen-bond donors (Lipinski definition) is 2. The van der Waals surface area contributed by atoms with Crippen LogP contribution >= 0.6 is 0 Å². The molecule has 3 heterocycles. The Kier molecular flexibility index (Phi) is 3.48. The lowest BCUT2D eigenvalue weighted by atomic mass is 10.2.